The molecule has 138 valence electrons. The van der Waals surface area contributed by atoms with E-state index in [0.29, 0.717) is 16.8 Å². The average molecular weight is 384 g/mol. The molecule has 1 saturated carbocycles. The van der Waals surface area contributed by atoms with Crippen molar-refractivity contribution in [2.24, 2.45) is 0 Å². The highest BCUT2D eigenvalue weighted by atomic mass is 32.1. The van der Waals surface area contributed by atoms with E-state index >= 15 is 0 Å². The lowest BCUT2D eigenvalue weighted by Gasteiger charge is -2.11. The Labute approximate surface area is 157 Å². The fourth-order valence-corrected chi connectivity index (χ4v) is 3.64. The van der Waals surface area contributed by atoms with Crippen LogP contribution in [0.3, 0.4) is 0 Å². The van der Waals surface area contributed by atoms with Crippen LogP contribution in [0, 0.1) is 0 Å². The van der Waals surface area contributed by atoms with Gasteiger partial charge in [-0.3, -0.25) is 23.5 Å². The topological polar surface area (TPSA) is 103 Å². The van der Waals surface area contributed by atoms with Gasteiger partial charge in [0, 0.05) is 22.7 Å². The summed E-state index contributed by atoms with van der Waals surface area (Å²) in [6.45, 7) is 1.20. The summed E-state index contributed by atoms with van der Waals surface area (Å²) in [5.41, 5.74) is 0.623. The van der Waals surface area contributed by atoms with Crippen molar-refractivity contribution in [3.63, 3.8) is 0 Å². The van der Waals surface area contributed by atoms with E-state index in [1.165, 1.54) is 16.1 Å². The van der Waals surface area contributed by atoms with Gasteiger partial charge in [-0.05, 0) is 43.4 Å². The first-order chi connectivity index (χ1) is 13.0. The van der Waals surface area contributed by atoms with E-state index in [4.69, 9.17) is 0 Å². The van der Waals surface area contributed by atoms with Gasteiger partial charge in [-0.25, -0.2) is 4.79 Å². The Balaban J connectivity index is 1.67. The molecule has 0 atom stereocenters. The standard InChI is InChI=1S/C18H16N4O4S/c1-10(23)11-3-2-4-12(7-11)19-15(24)8-21-14-9-27-20-16(14)17(25)22(18(21)26)13-5-6-13/h2-4,7,9,13H,5-6,8H2,1H3,(H,19,24). The molecular weight excluding hydrogens is 368 g/mol. The molecule has 8 nitrogen and oxygen atoms in total. The number of carbonyl (C=O) groups excluding carboxylic acids is 2. The minimum absolute atomic E-state index is 0.107. The minimum atomic E-state index is -0.497. The van der Waals surface area contributed by atoms with Crippen molar-refractivity contribution in [3.05, 3.63) is 56.0 Å². The zero-order valence-corrected chi connectivity index (χ0v) is 15.3. The number of hydrogen-bond donors (Lipinski definition) is 1. The van der Waals surface area contributed by atoms with Crippen LogP contribution in [-0.4, -0.2) is 25.2 Å². The number of nitrogens with zero attached hydrogens (tertiary/aromatic N) is 3. The lowest BCUT2D eigenvalue weighted by Crippen LogP contribution is -2.41. The number of rotatable bonds is 5. The van der Waals surface area contributed by atoms with Gasteiger partial charge in [-0.15, -0.1) is 0 Å². The van der Waals surface area contributed by atoms with Crippen LogP contribution in [0.1, 0.15) is 36.2 Å². The molecule has 0 spiro atoms. The van der Waals surface area contributed by atoms with E-state index in [9.17, 15) is 19.2 Å². The number of Topliss-reactive ketones (excluding diaryl/α,β-unsaturated/α-hetero) is 1. The van der Waals surface area contributed by atoms with Gasteiger partial charge in [0.25, 0.3) is 5.56 Å². The Bertz CT molecular complexity index is 1190. The quantitative estimate of drug-likeness (QED) is 0.676. The smallest absolute Gasteiger partial charge is 0.325 e. The van der Waals surface area contributed by atoms with E-state index in [0.717, 1.165) is 24.4 Å². The average Bonchev–Trinajstić information content (AvgIpc) is 3.33. The maximum Gasteiger partial charge on any atom is 0.332 e. The summed E-state index contributed by atoms with van der Waals surface area (Å²) < 4.78 is 6.57. The van der Waals surface area contributed by atoms with Crippen molar-refractivity contribution < 1.29 is 9.59 Å². The van der Waals surface area contributed by atoms with Crippen molar-refractivity contribution in [1.82, 2.24) is 13.5 Å². The van der Waals surface area contributed by atoms with Gasteiger partial charge in [0.1, 0.15) is 6.54 Å². The van der Waals surface area contributed by atoms with E-state index in [1.807, 2.05) is 0 Å². The van der Waals surface area contributed by atoms with Crippen molar-refractivity contribution in [3.8, 4) is 0 Å². The molecule has 1 aliphatic carbocycles. The molecule has 27 heavy (non-hydrogen) atoms. The fraction of sp³-hybridized carbons (Fsp3) is 0.278. The van der Waals surface area contributed by atoms with Gasteiger partial charge in [-0.1, -0.05) is 12.1 Å². The van der Waals surface area contributed by atoms with Crippen molar-refractivity contribution >= 4 is 39.9 Å². The summed E-state index contributed by atoms with van der Waals surface area (Å²) in [7, 11) is 0. The molecular formula is C18H16N4O4S. The number of nitrogens with one attached hydrogen (secondary N) is 1. The Kier molecular flexibility index (Phi) is 4.23. The molecule has 0 aliphatic heterocycles. The Hall–Kier alpha value is -3.07. The van der Waals surface area contributed by atoms with Gasteiger partial charge >= 0.3 is 5.69 Å². The minimum Gasteiger partial charge on any atom is -0.325 e. The molecule has 4 rings (SSSR count). The molecule has 3 aromatic rings. The number of aromatic nitrogens is 3. The van der Waals surface area contributed by atoms with Gasteiger partial charge in [0.2, 0.25) is 5.91 Å². The molecule has 0 radical (unpaired) electrons. The summed E-state index contributed by atoms with van der Waals surface area (Å²) in [6, 6.07) is 6.47. The van der Waals surface area contributed by atoms with Crippen molar-refractivity contribution in [2.75, 3.05) is 5.32 Å². The zero-order chi connectivity index (χ0) is 19.1. The molecule has 1 N–H and O–H groups in total. The van der Waals surface area contributed by atoms with Crippen LogP contribution in [0.15, 0.2) is 39.2 Å². The van der Waals surface area contributed by atoms with Crippen LogP contribution in [0.2, 0.25) is 0 Å². The maximum atomic E-state index is 12.8. The number of anilines is 1. The molecule has 1 fully saturated rings. The fourth-order valence-electron chi connectivity index (χ4n) is 2.97. The van der Waals surface area contributed by atoms with Crippen LogP contribution in [0.4, 0.5) is 5.69 Å². The number of amides is 1. The number of benzene rings is 1. The first-order valence-electron chi connectivity index (χ1n) is 8.46. The summed E-state index contributed by atoms with van der Waals surface area (Å²) in [5, 5.41) is 4.29. The second-order valence-corrected chi connectivity index (χ2v) is 7.14. The highest BCUT2D eigenvalue weighted by Crippen LogP contribution is 2.32. The number of hydrogen-bond acceptors (Lipinski definition) is 6. The van der Waals surface area contributed by atoms with Crippen molar-refractivity contribution in [2.45, 2.75) is 32.4 Å². The summed E-state index contributed by atoms with van der Waals surface area (Å²) >= 11 is 1.07. The SMILES string of the molecule is CC(=O)c1cccc(NC(=O)Cn2c(=O)n(C3CC3)c(=O)c3nscc32)c1. The monoisotopic (exact) mass is 384 g/mol. The normalized spacial score (nSPS) is 13.7. The Morgan fingerprint density at radius 3 is 2.78 bits per heavy atom. The molecule has 1 amide bonds. The van der Waals surface area contributed by atoms with Crippen LogP contribution in [0.5, 0.6) is 0 Å². The van der Waals surface area contributed by atoms with E-state index in [1.54, 1.807) is 29.6 Å². The van der Waals surface area contributed by atoms with Crippen molar-refractivity contribution in [1.29, 1.82) is 0 Å². The molecule has 9 heteroatoms. The lowest BCUT2D eigenvalue weighted by molar-refractivity contribution is -0.116. The second-order valence-electron chi connectivity index (χ2n) is 6.51. The summed E-state index contributed by atoms with van der Waals surface area (Å²) in [4.78, 5) is 49.3. The second kappa shape index (κ2) is 6.58. The molecule has 2 heterocycles. The van der Waals surface area contributed by atoms with Gasteiger partial charge in [0.05, 0.1) is 5.52 Å². The van der Waals surface area contributed by atoms with Crippen LogP contribution >= 0.6 is 11.5 Å². The number of ketones is 1. The molecule has 0 unspecified atom stereocenters. The Morgan fingerprint density at radius 1 is 1.30 bits per heavy atom. The molecule has 0 bridgehead atoms. The highest BCUT2D eigenvalue weighted by Gasteiger charge is 2.29. The van der Waals surface area contributed by atoms with Crippen LogP contribution < -0.4 is 16.6 Å². The third-order valence-corrected chi connectivity index (χ3v) is 5.08. The van der Waals surface area contributed by atoms with E-state index < -0.39 is 17.2 Å². The largest absolute Gasteiger partial charge is 0.332 e. The first kappa shape index (κ1) is 17.3. The highest BCUT2D eigenvalue weighted by molar-refractivity contribution is 7.04. The van der Waals surface area contributed by atoms with Gasteiger partial charge < -0.3 is 5.32 Å². The van der Waals surface area contributed by atoms with Crippen LogP contribution in [-0.2, 0) is 11.3 Å². The van der Waals surface area contributed by atoms with Gasteiger partial charge in [-0.2, -0.15) is 4.37 Å². The summed E-state index contributed by atoms with van der Waals surface area (Å²) in [6.07, 6.45) is 1.55. The Morgan fingerprint density at radius 2 is 2.07 bits per heavy atom. The zero-order valence-electron chi connectivity index (χ0n) is 14.5. The maximum absolute atomic E-state index is 12.8. The molecule has 0 saturated heterocycles. The molecule has 2 aromatic heterocycles. The molecule has 1 aliphatic rings. The van der Waals surface area contributed by atoms with Gasteiger partial charge in [0.15, 0.2) is 11.3 Å². The first-order valence-corrected chi connectivity index (χ1v) is 9.29. The van der Waals surface area contributed by atoms with Crippen LogP contribution in [0.25, 0.3) is 11.0 Å². The summed E-state index contributed by atoms with van der Waals surface area (Å²) in [5.74, 6) is -0.531. The van der Waals surface area contributed by atoms with E-state index in [-0.39, 0.29) is 23.9 Å². The number of fused-ring (bicyclic) bond motifs is 1. The lowest BCUT2D eigenvalue weighted by atomic mass is 10.1. The third kappa shape index (κ3) is 3.21. The van der Waals surface area contributed by atoms with E-state index in [2.05, 4.69) is 9.69 Å². The third-order valence-electron chi connectivity index (χ3n) is 4.47. The molecule has 1 aromatic carbocycles. The number of carbonyl (C=O) groups is 2. The predicted molar refractivity (Wildman–Crippen MR) is 101 cm³/mol. The predicted octanol–water partition coefficient (Wildman–Crippen LogP) is 1.80.